The third kappa shape index (κ3) is 3.96. The van der Waals surface area contributed by atoms with Gasteiger partial charge in [0.1, 0.15) is 5.75 Å². The van der Waals surface area contributed by atoms with Gasteiger partial charge in [-0.2, -0.15) is 0 Å². The standard InChI is InChI=1S/C18H18ClNO5/c1-2-3-4-17(21)25-14-5-6-20-18(22)12(14)7-11-8-15-16(9-13(11)19)24-10-23-15/h5-6,8-9H,2-4,7,10H2,1H3,(H,20,22). The molecule has 0 aliphatic carbocycles. The van der Waals surface area contributed by atoms with Crippen LogP contribution in [-0.2, 0) is 11.2 Å². The molecule has 2 heterocycles. The van der Waals surface area contributed by atoms with Gasteiger partial charge in [0.15, 0.2) is 11.5 Å². The Kier molecular flexibility index (Phi) is 5.28. The lowest BCUT2D eigenvalue weighted by Gasteiger charge is -2.11. The number of pyridine rings is 1. The van der Waals surface area contributed by atoms with Crippen LogP contribution in [0, 0.1) is 0 Å². The van der Waals surface area contributed by atoms with Crippen LogP contribution in [0.25, 0.3) is 0 Å². The number of carbonyl (C=O) groups is 1. The first-order valence-corrected chi connectivity index (χ1v) is 8.45. The SMILES string of the molecule is CCCCC(=O)Oc1cc[nH]c(=O)c1Cc1cc2c(cc1Cl)OCO2. The second-order valence-corrected chi connectivity index (χ2v) is 6.11. The van der Waals surface area contributed by atoms with E-state index in [1.54, 1.807) is 18.2 Å². The summed E-state index contributed by atoms with van der Waals surface area (Å²) in [4.78, 5) is 26.8. The van der Waals surface area contributed by atoms with E-state index in [1.165, 1.54) is 6.20 Å². The minimum Gasteiger partial charge on any atom is -0.454 e. The molecule has 0 unspecified atom stereocenters. The van der Waals surface area contributed by atoms with E-state index < -0.39 is 0 Å². The number of fused-ring (bicyclic) bond motifs is 1. The first-order valence-electron chi connectivity index (χ1n) is 8.07. The molecule has 0 saturated carbocycles. The van der Waals surface area contributed by atoms with Gasteiger partial charge in [0.25, 0.3) is 5.56 Å². The third-order valence-electron chi connectivity index (χ3n) is 3.89. The number of esters is 1. The van der Waals surface area contributed by atoms with Crippen LogP contribution >= 0.6 is 11.6 Å². The lowest BCUT2D eigenvalue weighted by atomic mass is 10.0. The Balaban J connectivity index is 1.87. The molecule has 1 aliphatic rings. The van der Waals surface area contributed by atoms with Crippen LogP contribution in [0.5, 0.6) is 17.2 Å². The summed E-state index contributed by atoms with van der Waals surface area (Å²) in [6.45, 7) is 2.13. The van der Waals surface area contributed by atoms with E-state index in [1.807, 2.05) is 6.92 Å². The van der Waals surface area contributed by atoms with Crippen LogP contribution < -0.4 is 19.8 Å². The van der Waals surface area contributed by atoms with Crippen molar-refractivity contribution in [3.05, 3.63) is 50.9 Å². The molecular formula is C18H18ClNO5. The van der Waals surface area contributed by atoms with Crippen molar-refractivity contribution in [1.82, 2.24) is 4.98 Å². The van der Waals surface area contributed by atoms with E-state index in [-0.39, 0.29) is 30.5 Å². The molecule has 0 radical (unpaired) electrons. The zero-order valence-corrected chi connectivity index (χ0v) is 14.5. The highest BCUT2D eigenvalue weighted by Crippen LogP contribution is 2.37. The van der Waals surface area contributed by atoms with E-state index in [0.29, 0.717) is 34.1 Å². The minimum atomic E-state index is -0.356. The molecule has 7 heteroatoms. The molecule has 132 valence electrons. The second kappa shape index (κ2) is 7.61. The van der Waals surface area contributed by atoms with Gasteiger partial charge in [0, 0.05) is 30.1 Å². The molecule has 25 heavy (non-hydrogen) atoms. The van der Waals surface area contributed by atoms with Crippen LogP contribution in [0.15, 0.2) is 29.2 Å². The number of aromatic amines is 1. The molecule has 1 aromatic heterocycles. The Bertz CT molecular complexity index is 846. The summed E-state index contributed by atoms with van der Waals surface area (Å²) in [7, 11) is 0. The smallest absolute Gasteiger partial charge is 0.311 e. The second-order valence-electron chi connectivity index (χ2n) is 5.70. The first-order chi connectivity index (χ1) is 12.1. The van der Waals surface area contributed by atoms with Crippen molar-refractivity contribution in [3.8, 4) is 17.2 Å². The highest BCUT2D eigenvalue weighted by atomic mass is 35.5. The Hall–Kier alpha value is -2.47. The van der Waals surface area contributed by atoms with Crippen LogP contribution in [0.4, 0.5) is 0 Å². The maximum absolute atomic E-state index is 12.2. The Labute approximate surface area is 149 Å². The van der Waals surface area contributed by atoms with Gasteiger partial charge >= 0.3 is 5.97 Å². The fourth-order valence-corrected chi connectivity index (χ4v) is 2.76. The number of halogens is 1. The van der Waals surface area contributed by atoms with E-state index in [0.717, 1.165) is 12.8 Å². The van der Waals surface area contributed by atoms with Crippen LogP contribution in [-0.4, -0.2) is 17.7 Å². The van der Waals surface area contributed by atoms with Gasteiger partial charge in [0.05, 0.1) is 5.56 Å². The van der Waals surface area contributed by atoms with Crippen molar-refractivity contribution < 1.29 is 19.0 Å². The average molecular weight is 364 g/mol. The van der Waals surface area contributed by atoms with Crippen molar-refractivity contribution in [2.75, 3.05) is 6.79 Å². The maximum Gasteiger partial charge on any atom is 0.311 e. The zero-order valence-electron chi connectivity index (χ0n) is 13.8. The number of hydrogen-bond acceptors (Lipinski definition) is 5. The van der Waals surface area contributed by atoms with Crippen LogP contribution in [0.2, 0.25) is 5.02 Å². The van der Waals surface area contributed by atoms with Gasteiger partial charge in [-0.3, -0.25) is 9.59 Å². The number of carbonyl (C=O) groups excluding carboxylic acids is 1. The third-order valence-corrected chi connectivity index (χ3v) is 4.24. The number of aromatic nitrogens is 1. The monoisotopic (exact) mass is 363 g/mol. The quantitative estimate of drug-likeness (QED) is 0.795. The molecule has 0 saturated heterocycles. The minimum absolute atomic E-state index is 0.140. The number of rotatable bonds is 6. The average Bonchev–Trinajstić information content (AvgIpc) is 3.03. The molecule has 0 fully saturated rings. The first kappa shape index (κ1) is 17.4. The Morgan fingerprint density at radius 1 is 1.32 bits per heavy atom. The van der Waals surface area contributed by atoms with Gasteiger partial charge in [-0.05, 0) is 24.1 Å². The molecule has 1 N–H and O–H groups in total. The lowest BCUT2D eigenvalue weighted by molar-refractivity contribution is -0.134. The predicted molar refractivity (Wildman–Crippen MR) is 92.6 cm³/mol. The van der Waals surface area contributed by atoms with Gasteiger partial charge in [-0.1, -0.05) is 24.9 Å². The molecule has 1 aromatic carbocycles. The molecule has 2 aromatic rings. The molecule has 0 amide bonds. The molecule has 0 spiro atoms. The van der Waals surface area contributed by atoms with Crippen molar-refractivity contribution in [1.29, 1.82) is 0 Å². The molecule has 3 rings (SSSR count). The van der Waals surface area contributed by atoms with E-state index in [4.69, 9.17) is 25.8 Å². The number of hydrogen-bond donors (Lipinski definition) is 1. The zero-order chi connectivity index (χ0) is 17.8. The highest BCUT2D eigenvalue weighted by Gasteiger charge is 2.19. The topological polar surface area (TPSA) is 77.6 Å². The fourth-order valence-electron chi connectivity index (χ4n) is 2.54. The number of unbranched alkanes of at least 4 members (excludes halogenated alkanes) is 1. The maximum atomic E-state index is 12.2. The van der Waals surface area contributed by atoms with Crippen molar-refractivity contribution in [3.63, 3.8) is 0 Å². The number of nitrogens with one attached hydrogen (secondary N) is 1. The largest absolute Gasteiger partial charge is 0.454 e. The molecule has 0 bridgehead atoms. The summed E-state index contributed by atoms with van der Waals surface area (Å²) in [6, 6.07) is 4.96. The predicted octanol–water partition coefficient (Wildman–Crippen LogP) is 3.44. The summed E-state index contributed by atoms with van der Waals surface area (Å²) in [6.07, 6.45) is 3.61. The van der Waals surface area contributed by atoms with Gasteiger partial charge in [-0.15, -0.1) is 0 Å². The Morgan fingerprint density at radius 2 is 2.08 bits per heavy atom. The highest BCUT2D eigenvalue weighted by molar-refractivity contribution is 6.31. The molecule has 1 aliphatic heterocycles. The van der Waals surface area contributed by atoms with Gasteiger partial charge in [-0.25, -0.2) is 0 Å². The summed E-state index contributed by atoms with van der Waals surface area (Å²) >= 11 is 6.28. The van der Waals surface area contributed by atoms with Gasteiger partial charge in [0.2, 0.25) is 6.79 Å². The molecular weight excluding hydrogens is 346 g/mol. The van der Waals surface area contributed by atoms with Crippen LogP contribution in [0.3, 0.4) is 0 Å². The number of benzene rings is 1. The van der Waals surface area contributed by atoms with Crippen LogP contribution in [0.1, 0.15) is 37.3 Å². The summed E-state index contributed by atoms with van der Waals surface area (Å²) < 4.78 is 16.0. The van der Waals surface area contributed by atoms with E-state index >= 15 is 0 Å². The van der Waals surface area contributed by atoms with Crippen molar-refractivity contribution in [2.24, 2.45) is 0 Å². The lowest BCUT2D eigenvalue weighted by Crippen LogP contribution is -2.17. The van der Waals surface area contributed by atoms with Crippen molar-refractivity contribution >= 4 is 17.6 Å². The van der Waals surface area contributed by atoms with E-state index in [2.05, 4.69) is 4.98 Å². The van der Waals surface area contributed by atoms with E-state index in [9.17, 15) is 9.59 Å². The fraction of sp³-hybridized carbons (Fsp3) is 0.333. The normalized spacial score (nSPS) is 12.2. The van der Waals surface area contributed by atoms with Crippen molar-refractivity contribution in [2.45, 2.75) is 32.6 Å². The summed E-state index contributed by atoms with van der Waals surface area (Å²) in [5.41, 5.74) is 0.705. The van der Waals surface area contributed by atoms with Gasteiger partial charge < -0.3 is 19.2 Å². The molecule has 0 atom stereocenters. The summed E-state index contributed by atoms with van der Waals surface area (Å²) in [5.74, 6) is 1.04. The molecule has 6 nitrogen and oxygen atoms in total. The Morgan fingerprint density at radius 3 is 2.84 bits per heavy atom. The summed E-state index contributed by atoms with van der Waals surface area (Å²) in [5, 5.41) is 0.454. The number of ether oxygens (including phenoxy) is 3. The number of H-pyrrole nitrogens is 1.